The molecular weight excluding hydrogens is 756 g/mol. The van der Waals surface area contributed by atoms with Crippen LogP contribution in [0.25, 0.3) is 21.8 Å². The Balaban J connectivity index is 0.000000209. The number of carbonyl (C=O) groups excluding carboxylic acids is 2. The zero-order chi connectivity index (χ0) is 41.8. The summed E-state index contributed by atoms with van der Waals surface area (Å²) in [6.07, 6.45) is 5.92. The first-order valence-electron chi connectivity index (χ1n) is 18.9. The van der Waals surface area contributed by atoms with Gasteiger partial charge in [-0.25, -0.2) is 29.5 Å². The van der Waals surface area contributed by atoms with Gasteiger partial charge in [-0.1, -0.05) is 11.6 Å². The number of benzene rings is 2. The number of nitrogens with one attached hydrogen (secondary N) is 3. The monoisotopic (exact) mass is 812 g/mol. The number of hydrogen-bond donors (Lipinski definition) is 3. The molecule has 2 saturated heterocycles. The molecule has 2 amide bonds. The molecule has 57 heavy (non-hydrogen) atoms. The van der Waals surface area contributed by atoms with E-state index >= 15 is 0 Å². The summed E-state index contributed by atoms with van der Waals surface area (Å²) in [6, 6.07) is 7.66. The zero-order valence-electron chi connectivity index (χ0n) is 34.7. The highest BCUT2D eigenvalue weighted by atomic mass is 35.5. The molecule has 4 aromatic rings. The Morgan fingerprint density at radius 3 is 1.54 bits per heavy atom. The van der Waals surface area contributed by atoms with E-state index in [1.54, 1.807) is 46.9 Å². The number of hydrogen-bond acceptors (Lipinski definition) is 14. The molecule has 0 aliphatic carbocycles. The molecule has 17 heteroatoms. The summed E-state index contributed by atoms with van der Waals surface area (Å²) < 4.78 is 31.6. The van der Waals surface area contributed by atoms with Crippen LogP contribution in [0.1, 0.15) is 67.2 Å². The molecule has 2 aliphatic heterocycles. The van der Waals surface area contributed by atoms with E-state index in [4.69, 9.17) is 40.0 Å². The molecule has 2 aliphatic rings. The number of carbonyl (C=O) groups is 2. The van der Waals surface area contributed by atoms with E-state index in [0.29, 0.717) is 28.2 Å². The van der Waals surface area contributed by atoms with Crippen LogP contribution >= 0.6 is 11.6 Å². The Hall–Kier alpha value is -5.09. The fourth-order valence-corrected chi connectivity index (χ4v) is 6.32. The summed E-state index contributed by atoms with van der Waals surface area (Å²) >= 11 is 5.93. The van der Waals surface area contributed by atoms with Crippen molar-refractivity contribution in [1.82, 2.24) is 35.9 Å². The molecule has 2 aromatic heterocycles. The Bertz CT molecular complexity index is 1940. The largest absolute Gasteiger partial charge is 0.493 e. The predicted octanol–water partition coefficient (Wildman–Crippen LogP) is 6.70. The van der Waals surface area contributed by atoms with Crippen LogP contribution in [0.3, 0.4) is 0 Å². The SMILES string of the molecule is CC(C)(C)OC(=O)NC1CCNCC1.COc1cc2ncnc(Cl)c2cc1OC.COc1cc2ncnc(N3CCC(NC(=O)OC(C)(C)C)CC3)c2cc1OC. The first kappa shape index (κ1) is 44.6. The third-order valence-corrected chi connectivity index (χ3v) is 9.09. The second-order valence-electron chi connectivity index (χ2n) is 15.4. The van der Waals surface area contributed by atoms with E-state index in [2.05, 4.69) is 40.8 Å². The number of fused-ring (bicyclic) bond motifs is 2. The highest BCUT2D eigenvalue weighted by Crippen LogP contribution is 2.36. The minimum atomic E-state index is -0.495. The van der Waals surface area contributed by atoms with Gasteiger partial charge in [0.25, 0.3) is 0 Å². The lowest BCUT2D eigenvalue weighted by atomic mass is 10.0. The Kier molecular flexibility index (Phi) is 15.9. The minimum Gasteiger partial charge on any atom is -0.493 e. The van der Waals surface area contributed by atoms with Crippen molar-refractivity contribution in [2.75, 3.05) is 59.5 Å². The maximum absolute atomic E-state index is 12.0. The van der Waals surface area contributed by atoms with Crippen molar-refractivity contribution < 1.29 is 38.0 Å². The number of ether oxygens (including phenoxy) is 6. The van der Waals surface area contributed by atoms with Gasteiger partial charge in [0, 0.05) is 48.1 Å². The number of nitrogens with zero attached hydrogens (tertiary/aromatic N) is 5. The van der Waals surface area contributed by atoms with Gasteiger partial charge >= 0.3 is 12.2 Å². The second-order valence-corrected chi connectivity index (χ2v) is 15.7. The summed E-state index contributed by atoms with van der Waals surface area (Å²) in [5, 5.41) is 11.1. The topological polar surface area (TPSA) is 180 Å². The van der Waals surface area contributed by atoms with Gasteiger partial charge in [0.15, 0.2) is 23.0 Å². The molecule has 2 fully saturated rings. The smallest absolute Gasteiger partial charge is 0.407 e. The van der Waals surface area contributed by atoms with Gasteiger partial charge in [0.05, 0.1) is 39.5 Å². The van der Waals surface area contributed by atoms with Gasteiger partial charge in [0.2, 0.25) is 0 Å². The van der Waals surface area contributed by atoms with Crippen molar-refractivity contribution in [3.05, 3.63) is 42.1 Å². The number of alkyl carbamates (subject to hydrolysis) is 2. The number of aromatic nitrogens is 4. The number of anilines is 1. The third kappa shape index (κ3) is 13.5. The molecule has 6 rings (SSSR count). The van der Waals surface area contributed by atoms with Crippen LogP contribution in [-0.2, 0) is 9.47 Å². The van der Waals surface area contributed by atoms with Crippen molar-refractivity contribution in [2.24, 2.45) is 0 Å². The summed E-state index contributed by atoms with van der Waals surface area (Å²) in [5.74, 6) is 3.38. The Labute approximate surface area is 339 Å². The van der Waals surface area contributed by atoms with Gasteiger partial charge in [-0.3, -0.25) is 0 Å². The zero-order valence-corrected chi connectivity index (χ0v) is 35.4. The highest BCUT2D eigenvalue weighted by Gasteiger charge is 2.26. The molecular formula is C40H57ClN8O8. The summed E-state index contributed by atoms with van der Waals surface area (Å²) in [6.45, 7) is 14.7. The lowest BCUT2D eigenvalue weighted by Crippen LogP contribution is -2.46. The Morgan fingerprint density at radius 1 is 0.649 bits per heavy atom. The molecule has 0 radical (unpaired) electrons. The van der Waals surface area contributed by atoms with Gasteiger partial charge in [-0.15, -0.1) is 0 Å². The average molecular weight is 813 g/mol. The maximum atomic E-state index is 12.0. The highest BCUT2D eigenvalue weighted by molar-refractivity contribution is 6.34. The predicted molar refractivity (Wildman–Crippen MR) is 220 cm³/mol. The normalized spacial score (nSPS) is 15.0. The van der Waals surface area contributed by atoms with Gasteiger partial charge in [-0.2, -0.15) is 0 Å². The van der Waals surface area contributed by atoms with E-state index in [-0.39, 0.29) is 24.3 Å². The van der Waals surface area contributed by atoms with E-state index < -0.39 is 11.2 Å². The van der Waals surface area contributed by atoms with Gasteiger partial charge < -0.3 is 49.3 Å². The quantitative estimate of drug-likeness (QED) is 0.168. The molecule has 16 nitrogen and oxygen atoms in total. The lowest BCUT2D eigenvalue weighted by molar-refractivity contribution is 0.0484. The van der Waals surface area contributed by atoms with E-state index in [1.807, 2.05) is 53.7 Å². The van der Waals surface area contributed by atoms with E-state index in [0.717, 1.165) is 79.5 Å². The molecule has 3 N–H and O–H groups in total. The summed E-state index contributed by atoms with van der Waals surface area (Å²) in [4.78, 5) is 42.4. The second kappa shape index (κ2) is 20.4. The van der Waals surface area contributed by atoms with Crippen molar-refractivity contribution in [1.29, 1.82) is 0 Å². The number of halogens is 1. The van der Waals surface area contributed by atoms with Crippen LogP contribution < -0.4 is 39.8 Å². The van der Waals surface area contributed by atoms with Gasteiger partial charge in [0.1, 0.15) is 34.8 Å². The van der Waals surface area contributed by atoms with Crippen LogP contribution in [0.2, 0.25) is 5.15 Å². The van der Waals surface area contributed by atoms with Crippen LogP contribution in [0, 0.1) is 0 Å². The number of methoxy groups -OCH3 is 4. The lowest BCUT2D eigenvalue weighted by Gasteiger charge is -2.34. The Morgan fingerprint density at radius 2 is 1.07 bits per heavy atom. The first-order chi connectivity index (χ1) is 27.0. The number of rotatable bonds is 7. The molecule has 2 aromatic carbocycles. The third-order valence-electron chi connectivity index (χ3n) is 8.79. The molecule has 4 heterocycles. The number of amides is 2. The molecule has 312 valence electrons. The fraction of sp³-hybridized carbons (Fsp3) is 0.550. The molecule has 0 atom stereocenters. The van der Waals surface area contributed by atoms with Crippen LogP contribution in [0.5, 0.6) is 23.0 Å². The molecule has 0 unspecified atom stereocenters. The molecule has 0 saturated carbocycles. The van der Waals surface area contributed by atoms with Crippen LogP contribution in [0.15, 0.2) is 36.9 Å². The average Bonchev–Trinajstić information content (AvgIpc) is 3.16. The summed E-state index contributed by atoms with van der Waals surface area (Å²) in [7, 11) is 6.36. The molecule has 0 bridgehead atoms. The minimum absolute atomic E-state index is 0.0915. The first-order valence-corrected chi connectivity index (χ1v) is 19.3. The van der Waals surface area contributed by atoms with Crippen LogP contribution in [0.4, 0.5) is 15.4 Å². The summed E-state index contributed by atoms with van der Waals surface area (Å²) in [5.41, 5.74) is 0.631. The van der Waals surface area contributed by atoms with Crippen molar-refractivity contribution in [2.45, 2.75) is 90.5 Å². The van der Waals surface area contributed by atoms with E-state index in [1.165, 1.54) is 6.33 Å². The van der Waals surface area contributed by atoms with E-state index in [9.17, 15) is 9.59 Å². The standard InChI is InChI=1S/C20H28N4O4.C10H9ClN2O2.C10H20N2O2/c1-20(2,3)28-19(25)23-13-6-8-24(9-7-13)18-14-10-16(26-4)17(27-5)11-15(14)21-12-22-18;1-14-8-3-6-7(4-9(8)15-2)12-5-13-10(6)11;1-10(2,3)14-9(13)12-8-4-6-11-7-5-8/h10-13H,6-9H2,1-5H3,(H,23,25);3-5H,1-2H3;8,11H,4-7H2,1-3H3,(H,12,13). The van der Waals surface area contributed by atoms with Crippen molar-refractivity contribution in [3.63, 3.8) is 0 Å². The van der Waals surface area contributed by atoms with Crippen LogP contribution in [-0.4, -0.2) is 110 Å². The molecule has 0 spiro atoms. The van der Waals surface area contributed by atoms with Crippen molar-refractivity contribution >= 4 is 51.4 Å². The van der Waals surface area contributed by atoms with Crippen molar-refractivity contribution in [3.8, 4) is 23.0 Å². The van der Waals surface area contributed by atoms with Gasteiger partial charge in [-0.05, 0) is 92.4 Å². The number of piperidine rings is 2. The fourth-order valence-electron chi connectivity index (χ4n) is 6.12. The maximum Gasteiger partial charge on any atom is 0.407 e.